The van der Waals surface area contributed by atoms with Crippen LogP contribution in [0.25, 0.3) is 0 Å². The Labute approximate surface area is 141 Å². The third-order valence-corrected chi connectivity index (χ3v) is 3.56. The molecule has 0 fully saturated rings. The second-order valence-electron chi connectivity index (χ2n) is 4.79. The van der Waals surface area contributed by atoms with Gasteiger partial charge in [-0.25, -0.2) is 15.0 Å². The largest absolute Gasteiger partial charge is 0.408 e. The molecule has 1 aromatic heterocycles. The van der Waals surface area contributed by atoms with Crippen molar-refractivity contribution < 1.29 is 18.0 Å². The molecule has 134 valence electrons. The predicted octanol–water partition coefficient (Wildman–Crippen LogP) is 1.90. The van der Waals surface area contributed by atoms with E-state index < -0.39 is 12.7 Å². The molecule has 24 heavy (non-hydrogen) atoms. The molecule has 0 atom stereocenters. The first-order chi connectivity index (χ1) is 11.3. The van der Waals surface area contributed by atoms with E-state index in [1.54, 1.807) is 0 Å². The summed E-state index contributed by atoms with van der Waals surface area (Å²) in [5.41, 5.74) is 10.4. The van der Waals surface area contributed by atoms with Crippen LogP contribution in [0.5, 0.6) is 0 Å². The molecule has 0 aliphatic rings. The van der Waals surface area contributed by atoms with E-state index in [4.69, 9.17) is 11.5 Å². The van der Waals surface area contributed by atoms with E-state index in [1.807, 2.05) is 0 Å². The number of amides is 1. The highest BCUT2D eigenvalue weighted by Crippen LogP contribution is 2.17. The quantitative estimate of drug-likeness (QED) is 0.202. The average Bonchev–Trinajstić information content (AvgIpc) is 2.48. The Kier molecular flexibility index (Phi) is 8.30. The van der Waals surface area contributed by atoms with Crippen molar-refractivity contribution in [3.63, 3.8) is 0 Å². The molecule has 0 bridgehead atoms. The van der Waals surface area contributed by atoms with Crippen molar-refractivity contribution in [1.29, 1.82) is 0 Å². The summed E-state index contributed by atoms with van der Waals surface area (Å²) in [6, 6.07) is 1.48. The van der Waals surface area contributed by atoms with Gasteiger partial charge in [0.25, 0.3) is 0 Å². The Morgan fingerprint density at radius 1 is 1.29 bits per heavy atom. The number of primary amides is 1. The highest BCUT2D eigenvalue weighted by atomic mass is 32.2. The summed E-state index contributed by atoms with van der Waals surface area (Å²) in [6.07, 6.45) is -0.0873. The molecule has 1 aromatic rings. The number of thioether (sulfide) groups is 1. The second-order valence-corrected chi connectivity index (χ2v) is 5.85. The number of nitrogens with two attached hydrogens (primary N) is 2. The molecule has 0 saturated carbocycles. The van der Waals surface area contributed by atoms with Gasteiger partial charge in [0.15, 0.2) is 11.1 Å². The van der Waals surface area contributed by atoms with E-state index in [0.717, 1.165) is 25.0 Å². The standard InChI is InChI=1S/C13H19F3N6OS/c14-13(15,16)8-20-11(18)21-10-5-6-19-12(22-10)24-7-3-1-2-4-9(17)23/h5-6H,1-4,7-8H2,(H2,17,23)(H3,18,19,20,21,22). The fourth-order valence-electron chi connectivity index (χ4n) is 1.57. The number of carbonyl (C=O) groups excluding carboxylic acids is 1. The monoisotopic (exact) mass is 364 g/mol. The maximum atomic E-state index is 12.0. The molecule has 0 aliphatic carbocycles. The summed E-state index contributed by atoms with van der Waals surface area (Å²) < 4.78 is 36.1. The van der Waals surface area contributed by atoms with E-state index in [-0.39, 0.29) is 17.7 Å². The summed E-state index contributed by atoms with van der Waals surface area (Å²) in [5.74, 6) is 0.340. The molecular formula is C13H19F3N6OS. The van der Waals surface area contributed by atoms with Gasteiger partial charge in [0, 0.05) is 18.4 Å². The van der Waals surface area contributed by atoms with E-state index >= 15 is 0 Å². The van der Waals surface area contributed by atoms with Gasteiger partial charge in [0.05, 0.1) is 0 Å². The van der Waals surface area contributed by atoms with Gasteiger partial charge in [-0.15, -0.1) is 0 Å². The van der Waals surface area contributed by atoms with Crippen molar-refractivity contribution in [2.75, 3.05) is 17.6 Å². The van der Waals surface area contributed by atoms with Crippen LogP contribution in [0, 0.1) is 0 Å². The van der Waals surface area contributed by atoms with Crippen LogP contribution in [0.3, 0.4) is 0 Å². The van der Waals surface area contributed by atoms with Crippen molar-refractivity contribution in [2.45, 2.75) is 37.0 Å². The SMILES string of the molecule is NC(=O)CCCCCSc1nccc(NC(N)=NCC(F)(F)F)n1. The highest BCUT2D eigenvalue weighted by Gasteiger charge is 2.26. The van der Waals surface area contributed by atoms with Crippen LogP contribution in [0.1, 0.15) is 25.7 Å². The van der Waals surface area contributed by atoms with E-state index in [1.165, 1.54) is 24.0 Å². The number of rotatable bonds is 9. The minimum absolute atomic E-state index is 0.268. The Morgan fingerprint density at radius 3 is 2.71 bits per heavy atom. The average molecular weight is 364 g/mol. The van der Waals surface area contributed by atoms with Gasteiger partial charge in [0.1, 0.15) is 12.4 Å². The summed E-state index contributed by atoms with van der Waals surface area (Å²) in [7, 11) is 0. The lowest BCUT2D eigenvalue weighted by Crippen LogP contribution is -2.26. The first-order valence-electron chi connectivity index (χ1n) is 7.14. The molecule has 0 spiro atoms. The lowest BCUT2D eigenvalue weighted by Gasteiger charge is -2.07. The summed E-state index contributed by atoms with van der Waals surface area (Å²) >= 11 is 1.40. The first-order valence-corrected chi connectivity index (χ1v) is 8.12. The zero-order chi connectivity index (χ0) is 18.0. The maximum Gasteiger partial charge on any atom is 0.408 e. The third-order valence-electron chi connectivity index (χ3n) is 2.62. The Morgan fingerprint density at radius 2 is 2.04 bits per heavy atom. The van der Waals surface area contributed by atoms with Crippen molar-refractivity contribution >= 4 is 29.4 Å². The molecule has 1 heterocycles. The van der Waals surface area contributed by atoms with E-state index in [2.05, 4.69) is 20.3 Å². The number of aliphatic imine (C=N–C) groups is 1. The van der Waals surface area contributed by atoms with Crippen LogP contribution in [-0.4, -0.2) is 40.3 Å². The predicted molar refractivity (Wildman–Crippen MR) is 86.6 cm³/mol. The summed E-state index contributed by atoms with van der Waals surface area (Å²) in [6.45, 7) is -1.36. The molecule has 0 aliphatic heterocycles. The molecule has 0 radical (unpaired) electrons. The Bertz CT molecular complexity index is 567. The van der Waals surface area contributed by atoms with Crippen LogP contribution in [-0.2, 0) is 4.79 Å². The number of hydrogen-bond acceptors (Lipinski definition) is 5. The Hall–Kier alpha value is -2.04. The van der Waals surface area contributed by atoms with Gasteiger partial charge >= 0.3 is 6.18 Å². The van der Waals surface area contributed by atoms with E-state index in [0.29, 0.717) is 11.6 Å². The van der Waals surface area contributed by atoms with Crippen molar-refractivity contribution in [3.8, 4) is 0 Å². The fraction of sp³-hybridized carbons (Fsp3) is 0.538. The lowest BCUT2D eigenvalue weighted by atomic mass is 10.2. The number of anilines is 1. The zero-order valence-electron chi connectivity index (χ0n) is 12.8. The first kappa shape index (κ1) is 20.0. The van der Waals surface area contributed by atoms with Crippen molar-refractivity contribution in [3.05, 3.63) is 12.3 Å². The normalized spacial score (nSPS) is 12.2. The topological polar surface area (TPSA) is 119 Å². The number of guanidine groups is 1. The summed E-state index contributed by atoms with van der Waals surface area (Å²) in [4.78, 5) is 22.0. The molecule has 1 amide bonds. The van der Waals surface area contributed by atoms with Gasteiger partial charge in [-0.1, -0.05) is 18.2 Å². The van der Waals surface area contributed by atoms with Gasteiger partial charge < -0.3 is 16.8 Å². The summed E-state index contributed by atoms with van der Waals surface area (Å²) in [5, 5.41) is 2.96. The van der Waals surface area contributed by atoms with Crippen molar-refractivity contribution in [2.24, 2.45) is 16.5 Å². The lowest BCUT2D eigenvalue weighted by molar-refractivity contribution is -0.119. The molecule has 5 N–H and O–H groups in total. The number of unbranched alkanes of at least 4 members (excludes halogenated alkanes) is 2. The molecule has 7 nitrogen and oxygen atoms in total. The van der Waals surface area contributed by atoms with Crippen LogP contribution < -0.4 is 16.8 Å². The van der Waals surface area contributed by atoms with Crippen LogP contribution >= 0.6 is 11.8 Å². The van der Waals surface area contributed by atoms with E-state index in [9.17, 15) is 18.0 Å². The molecule has 0 aromatic carbocycles. The Balaban J connectivity index is 2.39. The molecular weight excluding hydrogens is 345 g/mol. The van der Waals surface area contributed by atoms with Gasteiger partial charge in [-0.05, 0) is 18.9 Å². The van der Waals surface area contributed by atoms with Crippen molar-refractivity contribution in [1.82, 2.24) is 9.97 Å². The smallest absolute Gasteiger partial charge is 0.370 e. The number of aromatic nitrogens is 2. The zero-order valence-corrected chi connectivity index (χ0v) is 13.7. The molecule has 0 saturated heterocycles. The fourth-order valence-corrected chi connectivity index (χ4v) is 2.40. The third kappa shape index (κ3) is 9.87. The highest BCUT2D eigenvalue weighted by molar-refractivity contribution is 7.99. The number of carbonyl (C=O) groups is 1. The molecule has 1 rings (SSSR count). The molecule has 11 heteroatoms. The molecule has 0 unspecified atom stereocenters. The van der Waals surface area contributed by atoms with Crippen LogP contribution in [0.15, 0.2) is 22.4 Å². The van der Waals surface area contributed by atoms with Crippen LogP contribution in [0.4, 0.5) is 19.0 Å². The maximum absolute atomic E-state index is 12.0. The number of nitrogens with zero attached hydrogens (tertiary/aromatic N) is 3. The van der Waals surface area contributed by atoms with Gasteiger partial charge in [-0.3, -0.25) is 4.79 Å². The number of halogens is 3. The minimum atomic E-state index is -4.41. The van der Waals surface area contributed by atoms with Crippen LogP contribution in [0.2, 0.25) is 0 Å². The van der Waals surface area contributed by atoms with Gasteiger partial charge in [-0.2, -0.15) is 13.2 Å². The number of hydrogen-bond donors (Lipinski definition) is 3. The number of nitrogens with one attached hydrogen (secondary N) is 1. The number of alkyl halides is 3. The second kappa shape index (κ2) is 9.96. The minimum Gasteiger partial charge on any atom is -0.370 e. The van der Waals surface area contributed by atoms with Gasteiger partial charge in [0.2, 0.25) is 5.91 Å².